The van der Waals surface area contributed by atoms with Gasteiger partial charge in [0.2, 0.25) is 0 Å². The Morgan fingerprint density at radius 3 is 2.14 bits per heavy atom. The van der Waals surface area contributed by atoms with Crippen molar-refractivity contribution in [2.75, 3.05) is 14.2 Å². The lowest BCUT2D eigenvalue weighted by Crippen LogP contribution is -2.22. The largest absolute Gasteiger partial charge is 0.497 e. The molecule has 4 nitrogen and oxygen atoms in total. The first-order valence-corrected chi connectivity index (χ1v) is 7.17. The maximum absolute atomic E-state index is 12.2. The maximum atomic E-state index is 12.2. The normalized spacial score (nSPS) is 10.0. The number of rotatable bonds is 5. The summed E-state index contributed by atoms with van der Waals surface area (Å²) in [4.78, 5) is 12.2. The van der Waals surface area contributed by atoms with Crippen LogP contribution >= 0.6 is 15.9 Å². The monoisotopic (exact) mass is 349 g/mol. The molecule has 0 saturated heterocycles. The molecule has 2 rings (SSSR count). The third-order valence-electron chi connectivity index (χ3n) is 2.98. The lowest BCUT2D eigenvalue weighted by atomic mass is 10.1. The molecule has 1 amide bonds. The van der Waals surface area contributed by atoms with Gasteiger partial charge in [-0.1, -0.05) is 28.1 Å². The molecule has 0 radical (unpaired) electrons. The third kappa shape index (κ3) is 4.23. The van der Waals surface area contributed by atoms with Crippen molar-refractivity contribution in [2.45, 2.75) is 6.54 Å². The van der Waals surface area contributed by atoms with Crippen LogP contribution < -0.4 is 14.8 Å². The quantitative estimate of drug-likeness (QED) is 0.899. The molecule has 2 aromatic rings. The minimum atomic E-state index is -0.171. The number of carbonyl (C=O) groups is 1. The summed E-state index contributed by atoms with van der Waals surface area (Å²) in [5, 5.41) is 2.87. The number of halogens is 1. The standard InChI is InChI=1S/C16H16BrNO3/c1-20-14-7-12(8-15(9-14)21-2)16(19)18-10-11-3-5-13(17)6-4-11/h3-9H,10H2,1-2H3,(H,18,19). The van der Waals surface area contributed by atoms with Crippen LogP contribution in [0.1, 0.15) is 15.9 Å². The van der Waals surface area contributed by atoms with Crippen molar-refractivity contribution in [2.24, 2.45) is 0 Å². The second kappa shape index (κ2) is 7.13. The summed E-state index contributed by atoms with van der Waals surface area (Å²) in [6.45, 7) is 0.464. The summed E-state index contributed by atoms with van der Waals surface area (Å²) in [5.41, 5.74) is 1.53. The maximum Gasteiger partial charge on any atom is 0.251 e. The Kier molecular flexibility index (Phi) is 5.22. The van der Waals surface area contributed by atoms with Gasteiger partial charge in [-0.05, 0) is 29.8 Å². The van der Waals surface area contributed by atoms with E-state index in [4.69, 9.17) is 9.47 Å². The van der Waals surface area contributed by atoms with Gasteiger partial charge < -0.3 is 14.8 Å². The number of benzene rings is 2. The van der Waals surface area contributed by atoms with Crippen molar-refractivity contribution < 1.29 is 14.3 Å². The van der Waals surface area contributed by atoms with Gasteiger partial charge in [0.1, 0.15) is 11.5 Å². The summed E-state index contributed by atoms with van der Waals surface area (Å²) in [7, 11) is 3.11. The number of amides is 1. The smallest absolute Gasteiger partial charge is 0.251 e. The zero-order valence-electron chi connectivity index (χ0n) is 11.9. The average Bonchev–Trinajstić information content (AvgIpc) is 2.53. The highest BCUT2D eigenvalue weighted by molar-refractivity contribution is 9.10. The molecule has 0 aliphatic carbocycles. The molecule has 0 aromatic heterocycles. The van der Waals surface area contributed by atoms with Crippen molar-refractivity contribution in [1.82, 2.24) is 5.32 Å². The van der Waals surface area contributed by atoms with E-state index in [0.717, 1.165) is 10.0 Å². The van der Waals surface area contributed by atoms with Crippen LogP contribution in [-0.2, 0) is 6.54 Å². The lowest BCUT2D eigenvalue weighted by molar-refractivity contribution is 0.0950. The Morgan fingerprint density at radius 2 is 1.62 bits per heavy atom. The molecule has 0 atom stereocenters. The zero-order valence-corrected chi connectivity index (χ0v) is 13.4. The molecule has 1 N–H and O–H groups in total. The van der Waals surface area contributed by atoms with Crippen molar-refractivity contribution in [3.05, 3.63) is 58.1 Å². The number of carbonyl (C=O) groups excluding carboxylic acids is 1. The van der Waals surface area contributed by atoms with Crippen LogP contribution in [0.4, 0.5) is 0 Å². The van der Waals surface area contributed by atoms with Gasteiger partial charge in [-0.2, -0.15) is 0 Å². The van der Waals surface area contributed by atoms with Gasteiger partial charge in [-0.25, -0.2) is 0 Å². The van der Waals surface area contributed by atoms with E-state index >= 15 is 0 Å². The van der Waals surface area contributed by atoms with E-state index in [0.29, 0.717) is 23.6 Å². The van der Waals surface area contributed by atoms with E-state index in [1.54, 1.807) is 32.4 Å². The highest BCUT2D eigenvalue weighted by Gasteiger charge is 2.09. The topological polar surface area (TPSA) is 47.6 Å². The van der Waals surface area contributed by atoms with E-state index in [-0.39, 0.29) is 5.91 Å². The Bertz CT molecular complexity index is 604. The molecule has 0 saturated carbocycles. The van der Waals surface area contributed by atoms with Crippen LogP contribution in [0.2, 0.25) is 0 Å². The number of methoxy groups -OCH3 is 2. The molecular weight excluding hydrogens is 334 g/mol. The molecule has 0 unspecified atom stereocenters. The minimum absolute atomic E-state index is 0.171. The highest BCUT2D eigenvalue weighted by Crippen LogP contribution is 2.22. The summed E-state index contributed by atoms with van der Waals surface area (Å²) in [5.74, 6) is 1.00. The first-order valence-electron chi connectivity index (χ1n) is 6.38. The van der Waals surface area contributed by atoms with Gasteiger partial charge in [-0.3, -0.25) is 4.79 Å². The molecule has 0 aliphatic heterocycles. The van der Waals surface area contributed by atoms with Crippen molar-refractivity contribution in [3.63, 3.8) is 0 Å². The second-order valence-corrected chi connectivity index (χ2v) is 5.33. The molecule has 2 aromatic carbocycles. The van der Waals surface area contributed by atoms with E-state index in [1.165, 1.54) is 0 Å². The Morgan fingerprint density at radius 1 is 1.05 bits per heavy atom. The molecule has 0 spiro atoms. The second-order valence-electron chi connectivity index (χ2n) is 4.41. The molecule has 0 fully saturated rings. The van der Waals surface area contributed by atoms with Crippen LogP contribution in [0.15, 0.2) is 46.9 Å². The van der Waals surface area contributed by atoms with E-state index in [9.17, 15) is 4.79 Å². The van der Waals surface area contributed by atoms with Crippen molar-refractivity contribution in [1.29, 1.82) is 0 Å². The van der Waals surface area contributed by atoms with Gasteiger partial charge in [0.15, 0.2) is 0 Å². The molecule has 21 heavy (non-hydrogen) atoms. The summed E-state index contributed by atoms with van der Waals surface area (Å²) < 4.78 is 11.3. The summed E-state index contributed by atoms with van der Waals surface area (Å²) >= 11 is 3.38. The van der Waals surface area contributed by atoms with E-state index in [1.807, 2.05) is 24.3 Å². The van der Waals surface area contributed by atoms with Crippen molar-refractivity contribution in [3.8, 4) is 11.5 Å². The number of hydrogen-bond donors (Lipinski definition) is 1. The van der Waals surface area contributed by atoms with Gasteiger partial charge in [0, 0.05) is 22.6 Å². The molecule has 5 heteroatoms. The first-order chi connectivity index (χ1) is 10.1. The third-order valence-corrected chi connectivity index (χ3v) is 3.51. The van der Waals surface area contributed by atoms with Gasteiger partial charge in [-0.15, -0.1) is 0 Å². The van der Waals surface area contributed by atoms with Crippen molar-refractivity contribution >= 4 is 21.8 Å². The Balaban J connectivity index is 2.07. The fourth-order valence-corrected chi connectivity index (χ4v) is 2.09. The van der Waals surface area contributed by atoms with Gasteiger partial charge >= 0.3 is 0 Å². The number of hydrogen-bond acceptors (Lipinski definition) is 3. The van der Waals surface area contributed by atoms with Crippen LogP contribution in [0, 0.1) is 0 Å². The van der Waals surface area contributed by atoms with Crippen LogP contribution in [0.3, 0.4) is 0 Å². The average molecular weight is 350 g/mol. The molecular formula is C16H16BrNO3. The fourth-order valence-electron chi connectivity index (χ4n) is 1.83. The lowest BCUT2D eigenvalue weighted by Gasteiger charge is -2.09. The zero-order chi connectivity index (χ0) is 15.2. The van der Waals surface area contributed by atoms with Crippen LogP contribution in [-0.4, -0.2) is 20.1 Å². The van der Waals surface area contributed by atoms with Crippen LogP contribution in [0.5, 0.6) is 11.5 Å². The predicted octanol–water partition coefficient (Wildman–Crippen LogP) is 3.40. The molecule has 0 heterocycles. The first kappa shape index (κ1) is 15.4. The Hall–Kier alpha value is -2.01. The Labute approximate surface area is 132 Å². The van der Waals surface area contributed by atoms with Crippen LogP contribution in [0.25, 0.3) is 0 Å². The predicted molar refractivity (Wildman–Crippen MR) is 84.9 cm³/mol. The van der Waals surface area contributed by atoms with E-state index in [2.05, 4.69) is 21.2 Å². The SMILES string of the molecule is COc1cc(OC)cc(C(=O)NCc2ccc(Br)cc2)c1. The summed E-state index contributed by atoms with van der Waals surface area (Å²) in [6, 6.07) is 12.9. The number of nitrogens with one attached hydrogen (secondary N) is 1. The summed E-state index contributed by atoms with van der Waals surface area (Å²) in [6.07, 6.45) is 0. The highest BCUT2D eigenvalue weighted by atomic mass is 79.9. The molecule has 0 bridgehead atoms. The molecule has 110 valence electrons. The van der Waals surface area contributed by atoms with Gasteiger partial charge in [0.25, 0.3) is 5.91 Å². The fraction of sp³-hybridized carbons (Fsp3) is 0.188. The van der Waals surface area contributed by atoms with E-state index < -0.39 is 0 Å². The van der Waals surface area contributed by atoms with Gasteiger partial charge in [0.05, 0.1) is 14.2 Å². The number of ether oxygens (including phenoxy) is 2. The molecule has 0 aliphatic rings. The minimum Gasteiger partial charge on any atom is -0.497 e.